The van der Waals surface area contributed by atoms with E-state index < -0.39 is 22.5 Å². The smallest absolute Gasteiger partial charge is 0.356 e. The highest BCUT2D eigenvalue weighted by molar-refractivity contribution is 7.84. The summed E-state index contributed by atoms with van der Waals surface area (Å²) in [5.74, 6) is 0.306. The molecule has 1 aliphatic heterocycles. The average Bonchev–Trinajstić information content (AvgIpc) is 2.68. The Morgan fingerprint density at radius 3 is 2.29 bits per heavy atom. The van der Waals surface area contributed by atoms with E-state index in [4.69, 9.17) is 0 Å². The standard InChI is InChI=1S/C19H20F3N3O2S/c1-28(27)16-5-2-13(3-6-16)18(26)24-15-8-10-25(11-9-15)17-7-4-14(12-23-17)19(20,21)22/h2-7,12,15H,8-11H2,1H3,(H,24,26). The van der Waals surface area contributed by atoms with Crippen LogP contribution in [0.15, 0.2) is 47.5 Å². The van der Waals surface area contributed by atoms with Crippen molar-refractivity contribution in [3.8, 4) is 0 Å². The summed E-state index contributed by atoms with van der Waals surface area (Å²) in [6, 6.07) is 9.02. The summed E-state index contributed by atoms with van der Waals surface area (Å²) in [5.41, 5.74) is -0.266. The van der Waals surface area contributed by atoms with E-state index in [-0.39, 0.29) is 11.9 Å². The molecule has 150 valence electrons. The summed E-state index contributed by atoms with van der Waals surface area (Å²) in [7, 11) is -1.09. The second kappa shape index (κ2) is 8.30. The van der Waals surface area contributed by atoms with Crippen LogP contribution in [0.3, 0.4) is 0 Å². The van der Waals surface area contributed by atoms with Crippen molar-refractivity contribution in [1.29, 1.82) is 0 Å². The summed E-state index contributed by atoms with van der Waals surface area (Å²) >= 11 is 0. The minimum absolute atomic E-state index is 0.0156. The number of hydrogen-bond donors (Lipinski definition) is 1. The summed E-state index contributed by atoms with van der Waals surface area (Å²) in [5, 5.41) is 2.97. The number of nitrogens with one attached hydrogen (secondary N) is 1. The fourth-order valence-corrected chi connectivity index (χ4v) is 3.58. The number of anilines is 1. The van der Waals surface area contributed by atoms with E-state index in [1.807, 2.05) is 4.90 Å². The predicted octanol–water partition coefficient (Wildman–Crippen LogP) is 3.24. The molecule has 0 bridgehead atoms. The topological polar surface area (TPSA) is 62.3 Å². The fraction of sp³-hybridized carbons (Fsp3) is 0.368. The quantitative estimate of drug-likeness (QED) is 0.839. The zero-order valence-electron chi connectivity index (χ0n) is 15.2. The van der Waals surface area contributed by atoms with Gasteiger partial charge in [0.15, 0.2) is 0 Å². The molecular formula is C19H20F3N3O2S. The number of halogens is 3. The van der Waals surface area contributed by atoms with Crippen molar-refractivity contribution in [3.63, 3.8) is 0 Å². The predicted molar refractivity (Wildman–Crippen MR) is 101 cm³/mol. The van der Waals surface area contributed by atoms with E-state index in [2.05, 4.69) is 10.3 Å². The average molecular weight is 411 g/mol. The van der Waals surface area contributed by atoms with Crippen molar-refractivity contribution in [2.75, 3.05) is 24.2 Å². The number of alkyl halides is 3. The van der Waals surface area contributed by atoms with Crippen molar-refractivity contribution < 1.29 is 22.2 Å². The Morgan fingerprint density at radius 1 is 1.14 bits per heavy atom. The molecule has 3 rings (SSSR count). The Kier molecular flexibility index (Phi) is 6.02. The second-order valence-corrected chi connectivity index (χ2v) is 8.00. The van der Waals surface area contributed by atoms with Crippen LogP contribution < -0.4 is 10.2 Å². The van der Waals surface area contributed by atoms with Gasteiger partial charge >= 0.3 is 6.18 Å². The van der Waals surface area contributed by atoms with Gasteiger partial charge in [0, 0.05) is 52.8 Å². The van der Waals surface area contributed by atoms with Gasteiger partial charge in [0.25, 0.3) is 5.91 Å². The maximum absolute atomic E-state index is 12.6. The first kappa shape index (κ1) is 20.3. The number of hydrogen-bond acceptors (Lipinski definition) is 4. The lowest BCUT2D eigenvalue weighted by atomic mass is 10.0. The molecule has 1 aromatic carbocycles. The summed E-state index contributed by atoms with van der Waals surface area (Å²) in [6.07, 6.45) is -0.630. The Bertz CT molecular complexity index is 846. The van der Waals surface area contributed by atoms with E-state index in [9.17, 15) is 22.2 Å². The monoisotopic (exact) mass is 411 g/mol. The molecule has 2 heterocycles. The Balaban J connectivity index is 1.53. The number of nitrogens with zero attached hydrogens (tertiary/aromatic N) is 2. The SMILES string of the molecule is CS(=O)c1ccc(C(=O)NC2CCN(c3ccc(C(F)(F)F)cn3)CC2)cc1. The highest BCUT2D eigenvalue weighted by Crippen LogP contribution is 2.29. The lowest BCUT2D eigenvalue weighted by molar-refractivity contribution is -0.137. The van der Waals surface area contributed by atoms with Crippen LogP contribution in [0, 0.1) is 0 Å². The molecule has 1 aromatic heterocycles. The van der Waals surface area contributed by atoms with Crippen molar-refractivity contribution in [2.24, 2.45) is 0 Å². The zero-order valence-corrected chi connectivity index (χ0v) is 16.0. The normalized spacial score (nSPS) is 16.6. The van der Waals surface area contributed by atoms with Gasteiger partial charge in [0.2, 0.25) is 0 Å². The number of benzene rings is 1. The van der Waals surface area contributed by atoms with Crippen LogP contribution in [0.25, 0.3) is 0 Å². The third-order valence-electron chi connectivity index (χ3n) is 4.68. The Hall–Kier alpha value is -2.42. The first-order valence-corrected chi connectivity index (χ1v) is 10.3. The molecule has 1 N–H and O–H groups in total. The number of aromatic nitrogens is 1. The van der Waals surface area contributed by atoms with Crippen LogP contribution in [0.5, 0.6) is 0 Å². The number of rotatable bonds is 4. The molecule has 1 atom stereocenters. The largest absolute Gasteiger partial charge is 0.417 e. The number of pyridine rings is 1. The van der Waals surface area contributed by atoms with Gasteiger partial charge in [-0.15, -0.1) is 0 Å². The molecule has 1 fully saturated rings. The highest BCUT2D eigenvalue weighted by atomic mass is 32.2. The van der Waals surface area contributed by atoms with E-state index in [1.165, 1.54) is 6.07 Å². The van der Waals surface area contributed by atoms with Crippen molar-refractivity contribution in [3.05, 3.63) is 53.7 Å². The first-order chi connectivity index (χ1) is 13.2. The van der Waals surface area contributed by atoms with Crippen molar-refractivity contribution in [2.45, 2.75) is 30.0 Å². The second-order valence-electron chi connectivity index (χ2n) is 6.62. The van der Waals surface area contributed by atoms with Gasteiger partial charge in [-0.05, 0) is 49.2 Å². The molecule has 0 spiro atoms. The third-order valence-corrected chi connectivity index (χ3v) is 5.61. The van der Waals surface area contributed by atoms with Crippen molar-refractivity contribution in [1.82, 2.24) is 10.3 Å². The Labute approximate surface area is 163 Å². The molecule has 0 aliphatic carbocycles. The maximum Gasteiger partial charge on any atom is 0.417 e. The van der Waals surface area contributed by atoms with Gasteiger partial charge < -0.3 is 10.2 Å². The van der Waals surface area contributed by atoms with Gasteiger partial charge in [0.1, 0.15) is 5.82 Å². The fourth-order valence-electron chi connectivity index (χ4n) is 3.06. The molecule has 1 aliphatic rings. The lowest BCUT2D eigenvalue weighted by Crippen LogP contribution is -2.45. The first-order valence-electron chi connectivity index (χ1n) is 8.76. The van der Waals surface area contributed by atoms with E-state index >= 15 is 0 Å². The van der Waals surface area contributed by atoms with Crippen LogP contribution >= 0.6 is 0 Å². The molecule has 0 saturated carbocycles. The van der Waals surface area contributed by atoms with Gasteiger partial charge in [-0.2, -0.15) is 13.2 Å². The number of carbonyl (C=O) groups excluding carboxylic acids is 1. The molecule has 5 nitrogen and oxygen atoms in total. The lowest BCUT2D eigenvalue weighted by Gasteiger charge is -2.33. The van der Waals surface area contributed by atoms with E-state index in [1.54, 1.807) is 30.5 Å². The highest BCUT2D eigenvalue weighted by Gasteiger charge is 2.31. The molecule has 9 heteroatoms. The molecule has 2 aromatic rings. The van der Waals surface area contributed by atoms with Gasteiger partial charge in [0.05, 0.1) is 5.56 Å². The zero-order chi connectivity index (χ0) is 20.3. The van der Waals surface area contributed by atoms with Crippen LogP contribution in [0.4, 0.5) is 19.0 Å². The van der Waals surface area contributed by atoms with Gasteiger partial charge in [-0.3, -0.25) is 9.00 Å². The van der Waals surface area contributed by atoms with Crippen LogP contribution in [-0.2, 0) is 17.0 Å². The number of piperidine rings is 1. The summed E-state index contributed by atoms with van der Waals surface area (Å²) in [6.45, 7) is 1.19. The molecule has 1 unspecified atom stereocenters. The van der Waals surface area contributed by atoms with Crippen LogP contribution in [0.2, 0.25) is 0 Å². The number of carbonyl (C=O) groups is 1. The number of amides is 1. The molecule has 1 saturated heterocycles. The molecule has 28 heavy (non-hydrogen) atoms. The molecule has 1 amide bonds. The summed E-state index contributed by atoms with van der Waals surface area (Å²) < 4.78 is 49.3. The minimum atomic E-state index is -4.40. The minimum Gasteiger partial charge on any atom is -0.356 e. The van der Waals surface area contributed by atoms with E-state index in [0.29, 0.717) is 42.2 Å². The summed E-state index contributed by atoms with van der Waals surface area (Å²) in [4.78, 5) is 18.8. The van der Waals surface area contributed by atoms with E-state index in [0.717, 1.165) is 12.3 Å². The third kappa shape index (κ3) is 4.89. The van der Waals surface area contributed by atoms with Crippen molar-refractivity contribution >= 4 is 22.5 Å². The Morgan fingerprint density at radius 2 is 1.79 bits per heavy atom. The van der Waals surface area contributed by atoms with Gasteiger partial charge in [-0.1, -0.05) is 0 Å². The molecule has 0 radical (unpaired) electrons. The van der Waals surface area contributed by atoms with Crippen LogP contribution in [0.1, 0.15) is 28.8 Å². The van der Waals surface area contributed by atoms with Gasteiger partial charge in [-0.25, -0.2) is 4.98 Å². The van der Waals surface area contributed by atoms with Crippen LogP contribution in [-0.4, -0.2) is 40.5 Å². The maximum atomic E-state index is 12.6. The molecular weight excluding hydrogens is 391 g/mol.